The first-order valence-electron chi connectivity index (χ1n) is 20.5. The highest BCUT2D eigenvalue weighted by Gasteiger charge is 2.35. The molecule has 5 heteroatoms. The topological polar surface area (TPSA) is 46.8 Å². The van der Waals surface area contributed by atoms with Crippen molar-refractivity contribution >= 4 is 44.0 Å². The summed E-state index contributed by atoms with van der Waals surface area (Å²) in [5, 5.41) is 5.07. The highest BCUT2D eigenvalue weighted by molar-refractivity contribution is 6.22. The summed E-state index contributed by atoms with van der Waals surface area (Å²) in [7, 11) is 0. The summed E-state index contributed by atoms with van der Waals surface area (Å²) in [6.45, 7) is 0. The van der Waals surface area contributed by atoms with Crippen molar-refractivity contribution in [2.75, 3.05) is 4.90 Å². The van der Waals surface area contributed by atoms with E-state index in [4.69, 9.17) is 15.0 Å². The van der Waals surface area contributed by atoms with Gasteiger partial charge in [-0.3, -0.25) is 0 Å². The third kappa shape index (κ3) is 5.58. The summed E-state index contributed by atoms with van der Waals surface area (Å²) in [5.41, 5.74) is 13.9. The minimum absolute atomic E-state index is 0.266. The minimum Gasteiger partial charge on any atom is -0.313 e. The van der Waals surface area contributed by atoms with Crippen molar-refractivity contribution in [1.29, 1.82) is 0 Å². The van der Waals surface area contributed by atoms with Gasteiger partial charge >= 0.3 is 0 Å². The molecule has 0 bridgehead atoms. The molecule has 1 aliphatic carbocycles. The predicted octanol–water partition coefficient (Wildman–Crippen LogP) is 13.9. The molecule has 0 saturated carbocycles. The quantitative estimate of drug-likeness (QED) is 0.169. The number of aromatic nitrogens is 4. The molecule has 2 aliphatic rings. The van der Waals surface area contributed by atoms with Gasteiger partial charge < -0.3 is 9.47 Å². The molecule has 0 N–H and O–H groups in total. The number of fused-ring (bicyclic) bond motifs is 8. The fourth-order valence-electron chi connectivity index (χ4n) is 9.30. The number of hydrogen-bond acceptors (Lipinski definition) is 4. The Kier molecular flexibility index (Phi) is 7.91. The van der Waals surface area contributed by atoms with Gasteiger partial charge in [0.2, 0.25) is 0 Å². The van der Waals surface area contributed by atoms with E-state index in [1.54, 1.807) is 0 Å². The summed E-state index contributed by atoms with van der Waals surface area (Å²) in [6.07, 6.45) is 7.73. The Hall–Kier alpha value is -7.89. The van der Waals surface area contributed by atoms with E-state index in [2.05, 4.69) is 155 Å². The molecule has 8 aromatic carbocycles. The standard InChI is InChI=1S/C55H37N5/c1-4-15-37(16-5-1)53-56-54(38-17-6-2-7-18-38)58-55(57-53)39-24-29-43(30-25-39)59-48-23-13-12-22-45(48)46-34-40(27-31-49(46)59)41-28-32-50-47(35-41)52-44-21-11-10-14-36(44)26-33-51(52)60(50)42-19-8-3-9-20-42/h1-21,23-35,45H,22H2. The molecule has 0 spiro atoms. The van der Waals surface area contributed by atoms with Crippen LogP contribution in [0.25, 0.3) is 83.6 Å². The zero-order chi connectivity index (χ0) is 39.6. The lowest BCUT2D eigenvalue weighted by molar-refractivity contribution is 0.820. The van der Waals surface area contributed by atoms with Gasteiger partial charge in [-0.05, 0) is 107 Å². The van der Waals surface area contributed by atoms with E-state index in [1.165, 1.54) is 60.7 Å². The van der Waals surface area contributed by atoms with Crippen LogP contribution in [0.1, 0.15) is 17.9 Å². The molecule has 0 radical (unpaired) electrons. The number of anilines is 2. The summed E-state index contributed by atoms with van der Waals surface area (Å²) < 4.78 is 2.41. The van der Waals surface area contributed by atoms with Crippen molar-refractivity contribution in [2.24, 2.45) is 0 Å². The molecule has 1 unspecified atom stereocenters. The Morgan fingerprint density at radius 2 is 1.03 bits per heavy atom. The van der Waals surface area contributed by atoms with Gasteiger partial charge in [-0.25, -0.2) is 15.0 Å². The van der Waals surface area contributed by atoms with Crippen LogP contribution in [0.5, 0.6) is 0 Å². The Morgan fingerprint density at radius 1 is 0.450 bits per heavy atom. The van der Waals surface area contributed by atoms with Crippen molar-refractivity contribution in [3.05, 3.63) is 218 Å². The lowest BCUT2D eigenvalue weighted by Gasteiger charge is -2.24. The van der Waals surface area contributed by atoms with E-state index in [9.17, 15) is 0 Å². The van der Waals surface area contributed by atoms with Crippen molar-refractivity contribution in [1.82, 2.24) is 19.5 Å². The highest BCUT2D eigenvalue weighted by atomic mass is 15.2. The molecule has 1 aliphatic heterocycles. The Balaban J connectivity index is 0.941. The second kappa shape index (κ2) is 13.9. The SMILES string of the molecule is C1=CCC2C(=C1)N(c1ccc(-c3nc(-c4ccccc4)nc(-c4ccccc4)n3)cc1)c1ccc(-c3ccc4c(c3)c3c5ccccc5ccc3n4-c3ccccc3)cc12. The molecule has 12 rings (SSSR count). The van der Waals surface area contributed by atoms with Gasteiger partial charge in [0, 0.05) is 56.1 Å². The van der Waals surface area contributed by atoms with Gasteiger partial charge in [-0.2, -0.15) is 0 Å². The van der Waals surface area contributed by atoms with Gasteiger partial charge in [0.1, 0.15) is 0 Å². The molecule has 10 aromatic rings. The molecule has 0 saturated heterocycles. The van der Waals surface area contributed by atoms with E-state index < -0.39 is 0 Å². The molecule has 1 atom stereocenters. The normalized spacial score (nSPS) is 14.4. The summed E-state index contributed by atoms with van der Waals surface area (Å²) in [6, 6.07) is 66.9. The van der Waals surface area contributed by atoms with Crippen LogP contribution < -0.4 is 4.90 Å². The molecule has 60 heavy (non-hydrogen) atoms. The van der Waals surface area contributed by atoms with Crippen molar-refractivity contribution < 1.29 is 0 Å². The fraction of sp³-hybridized carbons (Fsp3) is 0.0364. The number of nitrogens with zero attached hydrogens (tertiary/aromatic N) is 5. The van der Waals surface area contributed by atoms with Gasteiger partial charge in [0.05, 0.1) is 11.0 Å². The second-order valence-electron chi connectivity index (χ2n) is 15.6. The maximum absolute atomic E-state index is 4.98. The van der Waals surface area contributed by atoms with Crippen LogP contribution in [0.15, 0.2) is 212 Å². The van der Waals surface area contributed by atoms with Gasteiger partial charge in [-0.15, -0.1) is 0 Å². The van der Waals surface area contributed by atoms with Crippen LogP contribution in [0.4, 0.5) is 11.4 Å². The number of hydrogen-bond donors (Lipinski definition) is 0. The maximum Gasteiger partial charge on any atom is 0.164 e. The van der Waals surface area contributed by atoms with Crippen LogP contribution in [0.2, 0.25) is 0 Å². The van der Waals surface area contributed by atoms with Gasteiger partial charge in [0.15, 0.2) is 17.5 Å². The monoisotopic (exact) mass is 767 g/mol. The lowest BCUT2D eigenvalue weighted by Crippen LogP contribution is -2.14. The largest absolute Gasteiger partial charge is 0.313 e. The third-order valence-electron chi connectivity index (χ3n) is 12.1. The van der Waals surface area contributed by atoms with Crippen LogP contribution in [-0.4, -0.2) is 19.5 Å². The Morgan fingerprint density at radius 3 is 1.75 bits per heavy atom. The van der Waals surface area contributed by atoms with Crippen molar-refractivity contribution in [2.45, 2.75) is 12.3 Å². The average molecular weight is 768 g/mol. The molecule has 3 heterocycles. The first-order chi connectivity index (χ1) is 29.7. The first-order valence-corrected chi connectivity index (χ1v) is 20.5. The average Bonchev–Trinajstić information content (AvgIpc) is 3.85. The van der Waals surface area contributed by atoms with Crippen molar-refractivity contribution in [3.63, 3.8) is 0 Å². The molecule has 2 aromatic heterocycles. The fourth-order valence-corrected chi connectivity index (χ4v) is 9.30. The summed E-state index contributed by atoms with van der Waals surface area (Å²) in [4.78, 5) is 17.3. The zero-order valence-corrected chi connectivity index (χ0v) is 32.7. The second-order valence-corrected chi connectivity index (χ2v) is 15.6. The molecular weight excluding hydrogens is 731 g/mol. The smallest absolute Gasteiger partial charge is 0.164 e. The Bertz CT molecular complexity index is 3270. The van der Waals surface area contributed by atoms with Crippen LogP contribution >= 0.6 is 0 Å². The number of benzene rings is 8. The number of rotatable bonds is 6. The van der Waals surface area contributed by atoms with Gasteiger partial charge in [0.25, 0.3) is 0 Å². The van der Waals surface area contributed by atoms with Crippen LogP contribution in [0, 0.1) is 0 Å². The van der Waals surface area contributed by atoms with E-state index >= 15 is 0 Å². The third-order valence-corrected chi connectivity index (χ3v) is 12.1. The maximum atomic E-state index is 4.98. The summed E-state index contributed by atoms with van der Waals surface area (Å²) in [5.74, 6) is 2.23. The van der Waals surface area contributed by atoms with Gasteiger partial charge in [-0.1, -0.05) is 133 Å². The molecule has 5 nitrogen and oxygen atoms in total. The van der Waals surface area contributed by atoms with E-state index in [-0.39, 0.29) is 5.92 Å². The van der Waals surface area contributed by atoms with Crippen molar-refractivity contribution in [3.8, 4) is 51.0 Å². The van der Waals surface area contributed by atoms with E-state index in [0.717, 1.165) is 34.5 Å². The number of para-hydroxylation sites is 1. The lowest BCUT2D eigenvalue weighted by atomic mass is 9.90. The van der Waals surface area contributed by atoms with Crippen LogP contribution in [0.3, 0.4) is 0 Å². The molecule has 282 valence electrons. The molecule has 0 fully saturated rings. The Labute approximate surface area is 347 Å². The zero-order valence-electron chi connectivity index (χ0n) is 32.7. The summed E-state index contributed by atoms with van der Waals surface area (Å²) >= 11 is 0. The van der Waals surface area contributed by atoms with E-state index in [1.807, 2.05) is 60.7 Å². The minimum atomic E-state index is 0.266. The first kappa shape index (κ1) is 34.2. The van der Waals surface area contributed by atoms with E-state index in [0.29, 0.717) is 17.5 Å². The molecular formula is C55H37N5. The highest BCUT2D eigenvalue weighted by Crippen LogP contribution is 2.52. The number of allylic oxidation sites excluding steroid dienone is 4. The van der Waals surface area contributed by atoms with Crippen LogP contribution in [-0.2, 0) is 0 Å². The molecule has 0 amide bonds. The predicted molar refractivity (Wildman–Crippen MR) is 247 cm³/mol.